The van der Waals surface area contributed by atoms with Crippen LogP contribution in [0.15, 0.2) is 24.8 Å². The average Bonchev–Trinajstić information content (AvgIpc) is 3.04. The molecule has 19 heavy (non-hydrogen) atoms. The SMILES string of the molecule is C=CCC(C(=O)OC)[C@@]1(C(=O)OC)C[C@H]2C=C[C@@H]1C2. The maximum absolute atomic E-state index is 12.4. The van der Waals surface area contributed by atoms with Crippen LogP contribution in [0.1, 0.15) is 19.3 Å². The number of rotatable bonds is 5. The third kappa shape index (κ3) is 1.99. The molecule has 0 radical (unpaired) electrons. The van der Waals surface area contributed by atoms with Gasteiger partial charge in [0.15, 0.2) is 0 Å². The summed E-state index contributed by atoms with van der Waals surface area (Å²) >= 11 is 0. The highest BCUT2D eigenvalue weighted by Gasteiger charge is 2.60. The first kappa shape index (κ1) is 13.8. The number of hydrogen-bond acceptors (Lipinski definition) is 4. The third-order valence-corrected chi connectivity index (χ3v) is 4.51. The molecule has 4 heteroatoms. The highest BCUT2D eigenvalue weighted by Crippen LogP contribution is 2.57. The molecule has 0 aliphatic heterocycles. The van der Waals surface area contributed by atoms with E-state index in [4.69, 9.17) is 9.47 Å². The van der Waals surface area contributed by atoms with Crippen LogP contribution >= 0.6 is 0 Å². The van der Waals surface area contributed by atoms with Crippen molar-refractivity contribution in [3.8, 4) is 0 Å². The minimum atomic E-state index is -0.782. The summed E-state index contributed by atoms with van der Waals surface area (Å²) in [6.45, 7) is 3.69. The number of carbonyl (C=O) groups excluding carboxylic acids is 2. The molecule has 2 rings (SSSR count). The lowest BCUT2D eigenvalue weighted by Crippen LogP contribution is -2.46. The lowest BCUT2D eigenvalue weighted by molar-refractivity contribution is -0.169. The van der Waals surface area contributed by atoms with Gasteiger partial charge >= 0.3 is 11.9 Å². The minimum absolute atomic E-state index is 0.0639. The van der Waals surface area contributed by atoms with Gasteiger partial charge in [-0.2, -0.15) is 0 Å². The number of hydrogen-bond donors (Lipinski definition) is 0. The van der Waals surface area contributed by atoms with E-state index in [9.17, 15) is 9.59 Å². The molecule has 0 aromatic rings. The molecule has 0 aromatic heterocycles. The van der Waals surface area contributed by atoms with Gasteiger partial charge in [-0.3, -0.25) is 9.59 Å². The topological polar surface area (TPSA) is 52.6 Å². The van der Waals surface area contributed by atoms with Crippen molar-refractivity contribution >= 4 is 11.9 Å². The lowest BCUT2D eigenvalue weighted by atomic mass is 9.65. The Labute approximate surface area is 113 Å². The van der Waals surface area contributed by atoms with Crippen LogP contribution in [0.2, 0.25) is 0 Å². The number of ether oxygens (including phenoxy) is 2. The number of allylic oxidation sites excluding steroid dienone is 3. The first-order valence-electron chi connectivity index (χ1n) is 6.55. The van der Waals surface area contributed by atoms with E-state index in [0.717, 1.165) is 6.42 Å². The summed E-state index contributed by atoms with van der Waals surface area (Å²) in [5.41, 5.74) is -0.782. The molecule has 1 unspecified atom stereocenters. The highest BCUT2D eigenvalue weighted by molar-refractivity contribution is 5.86. The molecule has 2 bridgehead atoms. The summed E-state index contributed by atoms with van der Waals surface area (Å²) in [4.78, 5) is 24.5. The Hall–Kier alpha value is -1.58. The van der Waals surface area contributed by atoms with E-state index < -0.39 is 11.3 Å². The van der Waals surface area contributed by atoms with Gasteiger partial charge in [-0.15, -0.1) is 6.58 Å². The largest absolute Gasteiger partial charge is 0.469 e. The molecule has 2 aliphatic rings. The van der Waals surface area contributed by atoms with Gasteiger partial charge in [0.25, 0.3) is 0 Å². The number of fused-ring (bicyclic) bond motifs is 2. The molecule has 0 heterocycles. The summed E-state index contributed by atoms with van der Waals surface area (Å²) in [6.07, 6.45) is 7.85. The molecule has 0 saturated heterocycles. The van der Waals surface area contributed by atoms with Crippen molar-refractivity contribution in [3.05, 3.63) is 24.8 Å². The van der Waals surface area contributed by atoms with E-state index in [1.165, 1.54) is 14.2 Å². The van der Waals surface area contributed by atoms with Crippen LogP contribution in [0, 0.1) is 23.2 Å². The number of carbonyl (C=O) groups is 2. The second-order valence-corrected chi connectivity index (χ2v) is 5.32. The van der Waals surface area contributed by atoms with Crippen LogP contribution in [0.5, 0.6) is 0 Å². The van der Waals surface area contributed by atoms with Gasteiger partial charge in [0.2, 0.25) is 0 Å². The monoisotopic (exact) mass is 264 g/mol. The van der Waals surface area contributed by atoms with Crippen LogP contribution in [0.3, 0.4) is 0 Å². The summed E-state index contributed by atoms with van der Waals surface area (Å²) < 4.78 is 9.88. The van der Waals surface area contributed by atoms with E-state index in [1.807, 2.05) is 6.08 Å². The average molecular weight is 264 g/mol. The molecule has 0 amide bonds. The Kier molecular flexibility index (Phi) is 3.78. The Morgan fingerprint density at radius 3 is 2.58 bits per heavy atom. The quantitative estimate of drug-likeness (QED) is 0.563. The molecule has 4 nitrogen and oxygen atoms in total. The Morgan fingerprint density at radius 1 is 1.42 bits per heavy atom. The zero-order chi connectivity index (χ0) is 14.0. The van der Waals surface area contributed by atoms with Crippen molar-refractivity contribution in [2.24, 2.45) is 23.2 Å². The van der Waals surface area contributed by atoms with Crippen LogP contribution in [-0.2, 0) is 19.1 Å². The van der Waals surface area contributed by atoms with E-state index >= 15 is 0 Å². The normalized spacial score (nSPS) is 32.9. The fourth-order valence-electron chi connectivity index (χ4n) is 3.69. The van der Waals surface area contributed by atoms with Crippen molar-refractivity contribution in [1.29, 1.82) is 0 Å². The van der Waals surface area contributed by atoms with Crippen LogP contribution in [-0.4, -0.2) is 26.2 Å². The summed E-state index contributed by atoms with van der Waals surface area (Å²) in [5.74, 6) is -0.745. The molecule has 4 atom stereocenters. The van der Waals surface area contributed by atoms with Crippen molar-refractivity contribution in [2.75, 3.05) is 14.2 Å². The van der Waals surface area contributed by atoms with Crippen molar-refractivity contribution < 1.29 is 19.1 Å². The minimum Gasteiger partial charge on any atom is -0.469 e. The standard InChI is InChI=1S/C15H20O4/c1-4-5-12(13(16)18-2)15(14(17)19-3)9-10-6-7-11(15)8-10/h4,6-7,10-12H,1,5,8-9H2,2-3H3/t10-,11+,12?,15+/m0/s1. The van der Waals surface area contributed by atoms with Gasteiger partial charge in [-0.05, 0) is 31.1 Å². The second-order valence-electron chi connectivity index (χ2n) is 5.32. The predicted molar refractivity (Wildman–Crippen MR) is 70.1 cm³/mol. The van der Waals surface area contributed by atoms with Crippen LogP contribution in [0.25, 0.3) is 0 Å². The smallest absolute Gasteiger partial charge is 0.313 e. The Balaban J connectivity index is 2.42. The highest BCUT2D eigenvalue weighted by atomic mass is 16.5. The molecule has 1 saturated carbocycles. The van der Waals surface area contributed by atoms with Gasteiger partial charge in [0.05, 0.1) is 25.6 Å². The van der Waals surface area contributed by atoms with Gasteiger partial charge in [-0.25, -0.2) is 0 Å². The zero-order valence-corrected chi connectivity index (χ0v) is 11.4. The molecular weight excluding hydrogens is 244 g/mol. The van der Waals surface area contributed by atoms with Gasteiger partial charge in [0.1, 0.15) is 0 Å². The summed E-state index contributed by atoms with van der Waals surface area (Å²) in [7, 11) is 2.73. The predicted octanol–water partition coefficient (Wildman–Crippen LogP) is 2.11. The number of methoxy groups -OCH3 is 2. The first-order valence-corrected chi connectivity index (χ1v) is 6.55. The zero-order valence-electron chi connectivity index (χ0n) is 11.4. The van der Waals surface area contributed by atoms with Crippen molar-refractivity contribution in [3.63, 3.8) is 0 Å². The number of esters is 2. The van der Waals surface area contributed by atoms with E-state index in [1.54, 1.807) is 6.08 Å². The molecule has 0 N–H and O–H groups in total. The summed E-state index contributed by atoms with van der Waals surface area (Å²) in [6, 6.07) is 0. The second kappa shape index (κ2) is 5.19. The lowest BCUT2D eigenvalue weighted by Gasteiger charge is -2.37. The molecule has 0 spiro atoms. The Bertz CT molecular complexity index is 426. The molecule has 2 aliphatic carbocycles. The van der Waals surface area contributed by atoms with Crippen molar-refractivity contribution in [2.45, 2.75) is 19.3 Å². The maximum atomic E-state index is 12.4. The Morgan fingerprint density at radius 2 is 2.16 bits per heavy atom. The summed E-state index contributed by atoms with van der Waals surface area (Å²) in [5, 5.41) is 0. The molecular formula is C15H20O4. The fourth-order valence-corrected chi connectivity index (χ4v) is 3.69. The van der Waals surface area contributed by atoms with E-state index in [2.05, 4.69) is 12.7 Å². The molecule has 104 valence electrons. The third-order valence-electron chi connectivity index (χ3n) is 4.51. The fraction of sp³-hybridized carbons (Fsp3) is 0.600. The van der Waals surface area contributed by atoms with E-state index in [0.29, 0.717) is 18.8 Å². The molecule has 0 aromatic carbocycles. The van der Waals surface area contributed by atoms with Gasteiger partial charge < -0.3 is 9.47 Å². The van der Waals surface area contributed by atoms with E-state index in [-0.39, 0.29) is 17.9 Å². The van der Waals surface area contributed by atoms with Gasteiger partial charge in [-0.1, -0.05) is 18.2 Å². The first-order chi connectivity index (χ1) is 9.09. The molecule has 1 fully saturated rings. The van der Waals surface area contributed by atoms with Gasteiger partial charge in [0, 0.05) is 0 Å². The van der Waals surface area contributed by atoms with Crippen LogP contribution in [0.4, 0.5) is 0 Å². The maximum Gasteiger partial charge on any atom is 0.313 e. The van der Waals surface area contributed by atoms with Crippen LogP contribution < -0.4 is 0 Å². The van der Waals surface area contributed by atoms with Crippen molar-refractivity contribution in [1.82, 2.24) is 0 Å².